The summed E-state index contributed by atoms with van der Waals surface area (Å²) in [5, 5.41) is 12.0. The zero-order valence-corrected chi connectivity index (χ0v) is 25.1. The molecule has 1 saturated carbocycles. The Labute approximate surface area is 255 Å². The molecule has 234 valence electrons. The van der Waals surface area contributed by atoms with E-state index in [0.717, 1.165) is 25.9 Å². The highest BCUT2D eigenvalue weighted by atomic mass is 32.2. The third-order valence-corrected chi connectivity index (χ3v) is 10.1. The van der Waals surface area contributed by atoms with E-state index in [-0.39, 0.29) is 31.7 Å². The molecule has 6 rings (SSSR count). The summed E-state index contributed by atoms with van der Waals surface area (Å²) in [7, 11) is -3.76. The quantitative estimate of drug-likeness (QED) is 0.311. The minimum atomic E-state index is -3.76. The first-order valence-electron chi connectivity index (χ1n) is 14.9. The van der Waals surface area contributed by atoms with E-state index in [0.29, 0.717) is 39.4 Å². The molecule has 2 saturated heterocycles. The van der Waals surface area contributed by atoms with Crippen molar-refractivity contribution in [1.82, 2.24) is 9.97 Å². The van der Waals surface area contributed by atoms with Crippen molar-refractivity contribution in [3.63, 3.8) is 0 Å². The van der Waals surface area contributed by atoms with Crippen LogP contribution in [0.15, 0.2) is 54.7 Å². The van der Waals surface area contributed by atoms with Crippen LogP contribution in [0.4, 0.5) is 31.8 Å². The lowest BCUT2D eigenvalue weighted by atomic mass is 9.93. The molecule has 3 aromatic rings. The molecule has 2 aromatic heterocycles. The molecule has 3 fully saturated rings. The van der Waals surface area contributed by atoms with Crippen molar-refractivity contribution >= 4 is 38.9 Å². The van der Waals surface area contributed by atoms with Crippen molar-refractivity contribution in [2.75, 3.05) is 58.4 Å². The summed E-state index contributed by atoms with van der Waals surface area (Å²) in [6, 6.07) is 13.7. The SMILES string of the molecule is O=C(Nc1ccc(-c2ccccn2)c(N2CCC(F)(F)CC2)n1)c1ccc(NS(=O)(=O)CCO)cc1N1CCC2(CC1)CC2. The maximum atomic E-state index is 14.0. The summed E-state index contributed by atoms with van der Waals surface area (Å²) in [5.41, 5.74) is 2.98. The first-order valence-corrected chi connectivity index (χ1v) is 16.6. The minimum absolute atomic E-state index is 0.117. The molecule has 1 amide bonds. The molecule has 44 heavy (non-hydrogen) atoms. The highest BCUT2D eigenvalue weighted by Crippen LogP contribution is 2.54. The molecule has 0 bridgehead atoms. The van der Waals surface area contributed by atoms with E-state index in [9.17, 15) is 22.0 Å². The van der Waals surface area contributed by atoms with Crippen molar-refractivity contribution in [3.8, 4) is 11.3 Å². The van der Waals surface area contributed by atoms with Gasteiger partial charge in [0, 0.05) is 50.8 Å². The van der Waals surface area contributed by atoms with Gasteiger partial charge in [0.05, 0.1) is 35.0 Å². The van der Waals surface area contributed by atoms with Crippen LogP contribution in [0.2, 0.25) is 0 Å². The number of aliphatic hydroxyl groups is 1. The molecule has 0 unspecified atom stereocenters. The Hall–Kier alpha value is -3.84. The predicted octanol–water partition coefficient (Wildman–Crippen LogP) is 4.75. The Bertz CT molecular complexity index is 1620. The van der Waals surface area contributed by atoms with Crippen LogP contribution in [-0.2, 0) is 10.0 Å². The van der Waals surface area contributed by atoms with Gasteiger partial charge in [0.2, 0.25) is 10.0 Å². The standard InChI is InChI=1S/C31H36F2N6O4S/c32-31(33)12-17-39(18-13-31)28-23(25-3-1-2-14-34-25)6-7-27(35-28)36-29(41)24-5-4-22(37-44(42,43)20-19-40)21-26(24)38-15-10-30(8-9-30)11-16-38/h1-7,14,21,37,40H,8-13,15-20H2,(H,35,36,41). The van der Waals surface area contributed by atoms with Gasteiger partial charge in [-0.3, -0.25) is 14.5 Å². The number of nitrogens with zero attached hydrogens (tertiary/aromatic N) is 4. The summed E-state index contributed by atoms with van der Waals surface area (Å²) in [5.74, 6) is -2.86. The maximum absolute atomic E-state index is 14.0. The summed E-state index contributed by atoms with van der Waals surface area (Å²) in [6.07, 6.45) is 5.51. The number of aliphatic hydroxyl groups excluding tert-OH is 1. The second kappa shape index (κ2) is 11.9. The largest absolute Gasteiger partial charge is 0.395 e. The summed E-state index contributed by atoms with van der Waals surface area (Å²) < 4.78 is 55.1. The molecule has 13 heteroatoms. The summed E-state index contributed by atoms with van der Waals surface area (Å²) in [4.78, 5) is 26.8. The number of hydrogen-bond acceptors (Lipinski definition) is 8. The number of amides is 1. The van der Waals surface area contributed by atoms with Gasteiger partial charge in [0.1, 0.15) is 11.6 Å². The van der Waals surface area contributed by atoms with Crippen LogP contribution in [-0.4, -0.2) is 73.9 Å². The second-order valence-electron chi connectivity index (χ2n) is 11.9. The van der Waals surface area contributed by atoms with Crippen molar-refractivity contribution < 1.29 is 27.1 Å². The van der Waals surface area contributed by atoms with Gasteiger partial charge in [-0.15, -0.1) is 0 Å². The fourth-order valence-electron chi connectivity index (χ4n) is 6.01. The van der Waals surface area contributed by atoms with E-state index in [1.807, 2.05) is 12.1 Å². The van der Waals surface area contributed by atoms with Crippen LogP contribution in [0, 0.1) is 5.41 Å². The van der Waals surface area contributed by atoms with Crippen molar-refractivity contribution in [2.45, 2.75) is 44.4 Å². The second-order valence-corrected chi connectivity index (χ2v) is 13.8. The highest BCUT2D eigenvalue weighted by Gasteiger charge is 2.44. The number of alkyl halides is 2. The molecule has 10 nitrogen and oxygen atoms in total. The normalized spacial score (nSPS) is 19.1. The molecule has 1 aromatic carbocycles. The third-order valence-electron chi connectivity index (χ3n) is 8.85. The van der Waals surface area contributed by atoms with E-state index in [1.54, 1.807) is 41.4 Å². The average molecular weight is 627 g/mol. The van der Waals surface area contributed by atoms with E-state index >= 15 is 0 Å². The van der Waals surface area contributed by atoms with E-state index in [2.05, 4.69) is 19.9 Å². The maximum Gasteiger partial charge on any atom is 0.258 e. The van der Waals surface area contributed by atoms with Gasteiger partial charge >= 0.3 is 0 Å². The van der Waals surface area contributed by atoms with Crippen molar-refractivity contribution in [3.05, 3.63) is 60.3 Å². The number of nitrogens with one attached hydrogen (secondary N) is 2. The molecule has 1 aliphatic carbocycles. The number of aromatic nitrogens is 2. The topological polar surface area (TPSA) is 128 Å². The smallest absolute Gasteiger partial charge is 0.258 e. The lowest BCUT2D eigenvalue weighted by Gasteiger charge is -2.35. The van der Waals surface area contributed by atoms with Gasteiger partial charge in [0.15, 0.2) is 0 Å². The van der Waals surface area contributed by atoms with E-state index < -0.39 is 34.2 Å². The Kier molecular flexibility index (Phi) is 8.18. The predicted molar refractivity (Wildman–Crippen MR) is 166 cm³/mol. The van der Waals surface area contributed by atoms with Crippen LogP contribution in [0.3, 0.4) is 0 Å². The van der Waals surface area contributed by atoms with Gasteiger partial charge in [-0.05, 0) is 73.6 Å². The van der Waals surface area contributed by atoms with Crippen LogP contribution in [0.25, 0.3) is 11.3 Å². The Morgan fingerprint density at radius 3 is 2.32 bits per heavy atom. The number of carbonyl (C=O) groups excluding carboxylic acids is 1. The van der Waals surface area contributed by atoms with Gasteiger partial charge in [0.25, 0.3) is 11.8 Å². The fourth-order valence-corrected chi connectivity index (χ4v) is 6.84. The van der Waals surface area contributed by atoms with Crippen LogP contribution in [0.1, 0.15) is 48.9 Å². The zero-order chi connectivity index (χ0) is 31.0. The number of sulfonamides is 1. The molecule has 3 aliphatic rings. The number of benzene rings is 1. The number of halogens is 2. The summed E-state index contributed by atoms with van der Waals surface area (Å²) >= 11 is 0. The molecular weight excluding hydrogens is 590 g/mol. The lowest BCUT2D eigenvalue weighted by molar-refractivity contribution is -0.0221. The minimum Gasteiger partial charge on any atom is -0.395 e. The number of hydrogen-bond donors (Lipinski definition) is 3. The molecule has 2 aliphatic heterocycles. The van der Waals surface area contributed by atoms with Gasteiger partial charge in [-0.25, -0.2) is 22.2 Å². The van der Waals surface area contributed by atoms with Gasteiger partial charge in [-0.1, -0.05) is 6.07 Å². The van der Waals surface area contributed by atoms with E-state index in [4.69, 9.17) is 10.1 Å². The number of rotatable bonds is 9. The van der Waals surface area contributed by atoms with Crippen LogP contribution in [0.5, 0.6) is 0 Å². The number of anilines is 4. The molecular formula is C31H36F2N6O4S. The number of carbonyl (C=O) groups is 1. The van der Waals surface area contributed by atoms with Crippen LogP contribution >= 0.6 is 0 Å². The van der Waals surface area contributed by atoms with Crippen molar-refractivity contribution in [2.24, 2.45) is 5.41 Å². The fraction of sp³-hybridized carbons (Fsp3) is 0.452. The first-order chi connectivity index (χ1) is 21.1. The van der Waals surface area contributed by atoms with Crippen LogP contribution < -0.4 is 19.8 Å². The van der Waals surface area contributed by atoms with E-state index in [1.165, 1.54) is 18.9 Å². The monoisotopic (exact) mass is 626 g/mol. The molecule has 4 heterocycles. The first kappa shape index (κ1) is 30.2. The third kappa shape index (κ3) is 6.78. The lowest BCUT2D eigenvalue weighted by Crippen LogP contribution is -2.40. The average Bonchev–Trinajstić information content (AvgIpc) is 3.76. The zero-order valence-electron chi connectivity index (χ0n) is 24.3. The Morgan fingerprint density at radius 2 is 1.66 bits per heavy atom. The Balaban J connectivity index is 1.30. The molecule has 0 radical (unpaired) electrons. The summed E-state index contributed by atoms with van der Waals surface area (Å²) in [6.45, 7) is 1.21. The Morgan fingerprint density at radius 1 is 0.932 bits per heavy atom. The van der Waals surface area contributed by atoms with Gasteiger partial charge in [-0.2, -0.15) is 0 Å². The van der Waals surface area contributed by atoms with Crippen molar-refractivity contribution in [1.29, 1.82) is 0 Å². The highest BCUT2D eigenvalue weighted by molar-refractivity contribution is 7.92. The molecule has 0 atom stereocenters. The van der Waals surface area contributed by atoms with Gasteiger partial charge < -0.3 is 20.2 Å². The molecule has 3 N–H and O–H groups in total. The molecule has 1 spiro atoms. The number of piperidine rings is 2. The number of pyridine rings is 2.